The van der Waals surface area contributed by atoms with Gasteiger partial charge in [0.25, 0.3) is 5.69 Å². The van der Waals surface area contributed by atoms with Crippen LogP contribution in [0.5, 0.6) is 0 Å². The SMILES string of the molecule is CCO[Si](/C=C/c1ccc([N+](=O)[O-])cc1)(OCC)OCC. The molecule has 0 unspecified atom stereocenters. The quantitative estimate of drug-likeness (QED) is 0.398. The van der Waals surface area contributed by atoms with Crippen molar-refractivity contribution in [3.8, 4) is 0 Å². The fraction of sp³-hybridized carbons (Fsp3) is 0.429. The lowest BCUT2D eigenvalue weighted by Gasteiger charge is -2.25. The molecule has 0 radical (unpaired) electrons. The van der Waals surface area contributed by atoms with Gasteiger partial charge >= 0.3 is 8.80 Å². The zero-order chi connectivity index (χ0) is 15.7. The number of nitro benzene ring substituents is 1. The number of hydrogen-bond donors (Lipinski definition) is 0. The summed E-state index contributed by atoms with van der Waals surface area (Å²) in [7, 11) is -2.83. The largest absolute Gasteiger partial charge is 0.529 e. The lowest BCUT2D eigenvalue weighted by molar-refractivity contribution is -0.384. The normalized spacial score (nSPS) is 12.0. The van der Waals surface area contributed by atoms with E-state index in [9.17, 15) is 10.1 Å². The molecule has 0 aromatic heterocycles. The van der Waals surface area contributed by atoms with Gasteiger partial charge in [0, 0.05) is 32.0 Å². The Morgan fingerprint density at radius 3 is 1.90 bits per heavy atom. The van der Waals surface area contributed by atoms with Crippen molar-refractivity contribution < 1.29 is 18.2 Å². The summed E-state index contributed by atoms with van der Waals surface area (Å²) in [5, 5.41) is 10.6. The van der Waals surface area contributed by atoms with Crippen LogP contribution in [0.15, 0.2) is 30.0 Å². The summed E-state index contributed by atoms with van der Waals surface area (Å²) in [6.07, 6.45) is 1.82. The monoisotopic (exact) mass is 311 g/mol. The first-order valence-electron chi connectivity index (χ1n) is 6.92. The molecule has 21 heavy (non-hydrogen) atoms. The molecular formula is C14H21NO5Si. The first kappa shape index (κ1) is 17.5. The van der Waals surface area contributed by atoms with E-state index in [0.29, 0.717) is 19.8 Å². The molecule has 0 aliphatic rings. The average molecular weight is 311 g/mol. The van der Waals surface area contributed by atoms with Crippen molar-refractivity contribution in [3.05, 3.63) is 45.6 Å². The van der Waals surface area contributed by atoms with Gasteiger partial charge in [-0.3, -0.25) is 10.1 Å². The third-order valence-electron chi connectivity index (χ3n) is 2.62. The standard InChI is InChI=1S/C14H21NO5Si/c1-4-18-21(19-5-2,20-6-3)12-11-13-7-9-14(10-8-13)15(16)17/h7-12H,4-6H2,1-3H3/b12-11+. The molecule has 1 aromatic rings. The van der Waals surface area contributed by atoms with Crippen molar-refractivity contribution in [3.63, 3.8) is 0 Å². The molecule has 0 saturated carbocycles. The number of nitrogens with zero attached hydrogens (tertiary/aromatic N) is 1. The molecule has 1 rings (SSSR count). The molecule has 0 bridgehead atoms. The van der Waals surface area contributed by atoms with Gasteiger partial charge in [-0.1, -0.05) is 6.08 Å². The van der Waals surface area contributed by atoms with E-state index in [0.717, 1.165) is 5.56 Å². The van der Waals surface area contributed by atoms with Crippen LogP contribution < -0.4 is 0 Å². The van der Waals surface area contributed by atoms with Crippen LogP contribution in [0.3, 0.4) is 0 Å². The van der Waals surface area contributed by atoms with Crippen molar-refractivity contribution in [2.45, 2.75) is 20.8 Å². The highest BCUT2D eigenvalue weighted by molar-refractivity contribution is 6.67. The van der Waals surface area contributed by atoms with Gasteiger partial charge in [-0.2, -0.15) is 0 Å². The highest BCUT2D eigenvalue weighted by atomic mass is 28.4. The third-order valence-corrected chi connectivity index (χ3v) is 5.27. The van der Waals surface area contributed by atoms with Crippen molar-refractivity contribution in [1.29, 1.82) is 0 Å². The Balaban J connectivity index is 2.92. The van der Waals surface area contributed by atoms with E-state index >= 15 is 0 Å². The van der Waals surface area contributed by atoms with E-state index < -0.39 is 13.7 Å². The molecule has 7 heteroatoms. The van der Waals surface area contributed by atoms with Gasteiger partial charge in [0.2, 0.25) is 0 Å². The third kappa shape index (κ3) is 5.39. The van der Waals surface area contributed by atoms with Crippen molar-refractivity contribution in [1.82, 2.24) is 0 Å². The second-order valence-electron chi connectivity index (χ2n) is 4.08. The van der Waals surface area contributed by atoms with Gasteiger partial charge in [-0.15, -0.1) is 0 Å². The molecule has 0 amide bonds. The Hall–Kier alpha value is -1.54. The fourth-order valence-corrected chi connectivity index (χ4v) is 3.92. The highest BCUT2D eigenvalue weighted by Crippen LogP contribution is 2.17. The maximum Gasteiger partial charge on any atom is 0.529 e. The van der Waals surface area contributed by atoms with Gasteiger partial charge in [-0.05, 0) is 44.2 Å². The summed E-state index contributed by atoms with van der Waals surface area (Å²) in [4.78, 5) is 10.2. The van der Waals surface area contributed by atoms with Gasteiger partial charge in [0.15, 0.2) is 0 Å². The van der Waals surface area contributed by atoms with Crippen LogP contribution in [-0.2, 0) is 13.3 Å². The van der Waals surface area contributed by atoms with Crippen molar-refractivity contribution in [2.75, 3.05) is 19.8 Å². The Morgan fingerprint density at radius 1 is 1.05 bits per heavy atom. The molecular weight excluding hydrogens is 290 g/mol. The summed E-state index contributed by atoms with van der Waals surface area (Å²) in [6.45, 7) is 7.16. The van der Waals surface area contributed by atoms with E-state index in [2.05, 4.69) is 0 Å². The molecule has 0 atom stereocenters. The molecule has 0 aliphatic heterocycles. The highest BCUT2D eigenvalue weighted by Gasteiger charge is 2.37. The Kier molecular flexibility index (Phi) is 7.24. The summed E-state index contributed by atoms with van der Waals surface area (Å²) >= 11 is 0. The number of nitro groups is 1. The van der Waals surface area contributed by atoms with Crippen LogP contribution in [0.25, 0.3) is 6.08 Å². The molecule has 6 nitrogen and oxygen atoms in total. The molecule has 0 aliphatic carbocycles. The van der Waals surface area contributed by atoms with Crippen LogP contribution in [0.2, 0.25) is 0 Å². The minimum Gasteiger partial charge on any atom is -0.371 e. The Labute approximate surface area is 125 Å². The topological polar surface area (TPSA) is 70.8 Å². The van der Waals surface area contributed by atoms with Crippen LogP contribution >= 0.6 is 0 Å². The van der Waals surface area contributed by atoms with E-state index in [4.69, 9.17) is 13.3 Å². The number of hydrogen-bond acceptors (Lipinski definition) is 5. The smallest absolute Gasteiger partial charge is 0.371 e. The van der Waals surface area contributed by atoms with Crippen LogP contribution in [0.4, 0.5) is 5.69 Å². The maximum atomic E-state index is 10.6. The van der Waals surface area contributed by atoms with Crippen LogP contribution in [-0.4, -0.2) is 33.5 Å². The Bertz CT molecular complexity index is 458. The van der Waals surface area contributed by atoms with Gasteiger partial charge < -0.3 is 13.3 Å². The summed E-state index contributed by atoms with van der Waals surface area (Å²) in [5.41, 5.74) is 2.71. The first-order chi connectivity index (χ1) is 10.1. The zero-order valence-electron chi connectivity index (χ0n) is 12.6. The van der Waals surface area contributed by atoms with E-state index in [1.165, 1.54) is 12.1 Å². The first-order valence-corrected chi connectivity index (χ1v) is 8.72. The van der Waals surface area contributed by atoms with Gasteiger partial charge in [0.1, 0.15) is 0 Å². The lowest BCUT2D eigenvalue weighted by Crippen LogP contribution is -2.44. The van der Waals surface area contributed by atoms with Crippen LogP contribution in [0, 0.1) is 10.1 Å². The van der Waals surface area contributed by atoms with Crippen LogP contribution in [0.1, 0.15) is 26.3 Å². The predicted octanol–water partition coefficient (Wildman–Crippen LogP) is 3.20. The molecule has 0 heterocycles. The molecule has 0 N–H and O–H groups in total. The Morgan fingerprint density at radius 2 is 1.52 bits per heavy atom. The predicted molar refractivity (Wildman–Crippen MR) is 82.8 cm³/mol. The van der Waals surface area contributed by atoms with Crippen molar-refractivity contribution >= 4 is 20.6 Å². The summed E-state index contributed by atoms with van der Waals surface area (Å²) < 4.78 is 17.1. The molecule has 1 aromatic carbocycles. The average Bonchev–Trinajstić information content (AvgIpc) is 2.46. The summed E-state index contributed by atoms with van der Waals surface area (Å²) in [5.74, 6) is 0. The second kappa shape index (κ2) is 8.68. The minimum absolute atomic E-state index is 0.0649. The molecule has 0 fully saturated rings. The second-order valence-corrected chi connectivity index (χ2v) is 6.49. The van der Waals surface area contributed by atoms with Gasteiger partial charge in [-0.25, -0.2) is 0 Å². The minimum atomic E-state index is -2.83. The molecule has 0 saturated heterocycles. The van der Waals surface area contributed by atoms with E-state index in [1.54, 1.807) is 12.1 Å². The fourth-order valence-electron chi connectivity index (χ4n) is 1.78. The van der Waals surface area contributed by atoms with E-state index in [-0.39, 0.29) is 5.69 Å². The number of non-ortho nitro benzene ring substituents is 1. The summed E-state index contributed by atoms with van der Waals surface area (Å²) in [6, 6.07) is 6.28. The number of rotatable bonds is 9. The van der Waals surface area contributed by atoms with Crippen molar-refractivity contribution in [2.24, 2.45) is 0 Å². The molecule has 116 valence electrons. The zero-order valence-corrected chi connectivity index (χ0v) is 13.6. The lowest BCUT2D eigenvalue weighted by atomic mass is 10.2. The molecule has 0 spiro atoms. The van der Waals surface area contributed by atoms with Gasteiger partial charge in [0.05, 0.1) is 4.92 Å². The number of benzene rings is 1. The van der Waals surface area contributed by atoms with E-state index in [1.807, 2.05) is 32.5 Å². The maximum absolute atomic E-state index is 10.6.